The Hall–Kier alpha value is -3.09. The van der Waals surface area contributed by atoms with E-state index in [0.717, 1.165) is 31.2 Å². The van der Waals surface area contributed by atoms with Crippen molar-refractivity contribution < 1.29 is 18.7 Å². The van der Waals surface area contributed by atoms with Crippen LogP contribution in [-0.4, -0.2) is 25.6 Å². The van der Waals surface area contributed by atoms with Crippen LogP contribution in [0.4, 0.5) is 14.9 Å². The van der Waals surface area contributed by atoms with Gasteiger partial charge in [0.25, 0.3) is 0 Å². The van der Waals surface area contributed by atoms with Crippen LogP contribution in [0.15, 0.2) is 48.5 Å². The highest BCUT2D eigenvalue weighted by Crippen LogP contribution is 2.35. The lowest BCUT2D eigenvalue weighted by Crippen LogP contribution is -2.36. The number of hydrogen-bond acceptors (Lipinski definition) is 3. The molecule has 0 heterocycles. The summed E-state index contributed by atoms with van der Waals surface area (Å²) in [4.78, 5) is 24.5. The van der Waals surface area contributed by atoms with Crippen molar-refractivity contribution in [1.82, 2.24) is 10.6 Å². The van der Waals surface area contributed by atoms with Crippen molar-refractivity contribution in [2.75, 3.05) is 19.0 Å². The number of amides is 3. The van der Waals surface area contributed by atoms with Crippen LogP contribution in [0, 0.1) is 11.7 Å². The molecule has 0 bridgehead atoms. The molecule has 0 saturated heterocycles. The summed E-state index contributed by atoms with van der Waals surface area (Å²) in [5, 5.41) is 8.48. The molecule has 0 aliphatic heterocycles. The standard InChI is InChI=1S/C23H28FN3O3/c1-30-20-12-10-19(11-13-20)26-23(29)25-15-14-21(28)27-22(16-4-2-3-5-16)17-6-8-18(24)9-7-17/h6-13,16,22H,2-5,14-15H2,1H3,(H,27,28)(H2,25,26,29)/t22-/m0/s1. The van der Waals surface area contributed by atoms with Crippen LogP contribution in [-0.2, 0) is 4.79 Å². The highest BCUT2D eigenvalue weighted by atomic mass is 19.1. The van der Waals surface area contributed by atoms with E-state index in [0.29, 0.717) is 17.4 Å². The predicted octanol–water partition coefficient (Wildman–Crippen LogP) is 4.39. The molecule has 3 N–H and O–H groups in total. The van der Waals surface area contributed by atoms with Gasteiger partial charge in [-0.3, -0.25) is 4.79 Å². The van der Waals surface area contributed by atoms with Crippen LogP contribution in [0.2, 0.25) is 0 Å². The summed E-state index contributed by atoms with van der Waals surface area (Å²) in [6.07, 6.45) is 4.55. The summed E-state index contributed by atoms with van der Waals surface area (Å²) < 4.78 is 18.4. The third-order valence-electron chi connectivity index (χ3n) is 5.40. The third kappa shape index (κ3) is 6.20. The number of methoxy groups -OCH3 is 1. The molecule has 7 heteroatoms. The topological polar surface area (TPSA) is 79.5 Å². The summed E-state index contributed by atoms with van der Waals surface area (Å²) in [5.74, 6) is 0.629. The average molecular weight is 413 g/mol. The fourth-order valence-electron chi connectivity index (χ4n) is 3.82. The molecular formula is C23H28FN3O3. The smallest absolute Gasteiger partial charge is 0.319 e. The van der Waals surface area contributed by atoms with E-state index < -0.39 is 0 Å². The molecule has 160 valence electrons. The molecule has 1 aliphatic rings. The van der Waals surface area contributed by atoms with E-state index in [2.05, 4.69) is 16.0 Å². The van der Waals surface area contributed by atoms with Crippen molar-refractivity contribution in [3.63, 3.8) is 0 Å². The minimum absolute atomic E-state index is 0.131. The second-order valence-electron chi connectivity index (χ2n) is 7.50. The summed E-state index contributed by atoms with van der Waals surface area (Å²) >= 11 is 0. The number of halogens is 1. The van der Waals surface area contributed by atoms with Gasteiger partial charge >= 0.3 is 6.03 Å². The van der Waals surface area contributed by atoms with Gasteiger partial charge in [0.05, 0.1) is 13.2 Å². The Kier molecular flexibility index (Phi) is 7.65. The first-order valence-corrected chi connectivity index (χ1v) is 10.3. The number of nitrogens with one attached hydrogen (secondary N) is 3. The Balaban J connectivity index is 1.47. The molecule has 2 aromatic carbocycles. The minimum atomic E-state index is -0.376. The molecule has 6 nitrogen and oxygen atoms in total. The Morgan fingerprint density at radius 2 is 1.73 bits per heavy atom. The summed E-state index contributed by atoms with van der Waals surface area (Å²) in [6.45, 7) is 0.217. The zero-order valence-corrected chi connectivity index (χ0v) is 17.1. The summed E-state index contributed by atoms with van der Waals surface area (Å²) in [5.41, 5.74) is 1.55. The van der Waals surface area contributed by atoms with Crippen molar-refractivity contribution in [2.24, 2.45) is 5.92 Å². The number of rotatable bonds is 8. The van der Waals surface area contributed by atoms with Crippen molar-refractivity contribution in [3.8, 4) is 5.75 Å². The number of ether oxygens (including phenoxy) is 1. The van der Waals surface area contributed by atoms with E-state index >= 15 is 0 Å². The Morgan fingerprint density at radius 1 is 1.07 bits per heavy atom. The molecule has 1 fully saturated rings. The van der Waals surface area contributed by atoms with Gasteiger partial charge in [0.1, 0.15) is 11.6 Å². The number of hydrogen-bond donors (Lipinski definition) is 3. The predicted molar refractivity (Wildman–Crippen MR) is 114 cm³/mol. The van der Waals surface area contributed by atoms with Crippen LogP contribution in [0.1, 0.15) is 43.7 Å². The molecule has 3 amide bonds. The Bertz CT molecular complexity index is 834. The van der Waals surface area contributed by atoms with Crippen LogP contribution in [0.5, 0.6) is 5.75 Å². The largest absolute Gasteiger partial charge is 0.497 e. The van der Waals surface area contributed by atoms with Crippen LogP contribution in [0.25, 0.3) is 0 Å². The molecule has 2 aromatic rings. The molecule has 0 aromatic heterocycles. The normalized spacial score (nSPS) is 14.7. The van der Waals surface area contributed by atoms with E-state index in [1.54, 1.807) is 43.5 Å². The molecule has 0 radical (unpaired) electrons. The lowest BCUT2D eigenvalue weighted by Gasteiger charge is -2.25. The maximum absolute atomic E-state index is 13.3. The molecular weight excluding hydrogens is 385 g/mol. The minimum Gasteiger partial charge on any atom is -0.497 e. The number of carbonyl (C=O) groups is 2. The number of benzene rings is 2. The van der Waals surface area contributed by atoms with Crippen molar-refractivity contribution in [2.45, 2.75) is 38.1 Å². The fourth-order valence-corrected chi connectivity index (χ4v) is 3.82. The first kappa shape index (κ1) is 21.6. The van der Waals surface area contributed by atoms with Crippen molar-refractivity contribution >= 4 is 17.6 Å². The number of urea groups is 1. The van der Waals surface area contributed by atoms with Gasteiger partial charge in [0, 0.05) is 18.7 Å². The molecule has 1 saturated carbocycles. The second kappa shape index (κ2) is 10.6. The van der Waals surface area contributed by atoms with Crippen LogP contribution >= 0.6 is 0 Å². The van der Waals surface area contributed by atoms with Crippen LogP contribution in [0.3, 0.4) is 0 Å². The highest BCUT2D eigenvalue weighted by molar-refractivity contribution is 5.89. The lowest BCUT2D eigenvalue weighted by atomic mass is 9.91. The summed E-state index contributed by atoms with van der Waals surface area (Å²) in [7, 11) is 1.58. The van der Waals surface area contributed by atoms with E-state index in [-0.39, 0.29) is 36.8 Å². The van der Waals surface area contributed by atoms with Gasteiger partial charge in [-0.25, -0.2) is 9.18 Å². The van der Waals surface area contributed by atoms with Gasteiger partial charge < -0.3 is 20.7 Å². The highest BCUT2D eigenvalue weighted by Gasteiger charge is 2.27. The fraction of sp³-hybridized carbons (Fsp3) is 0.391. The lowest BCUT2D eigenvalue weighted by molar-refractivity contribution is -0.122. The van der Waals surface area contributed by atoms with E-state index in [9.17, 15) is 14.0 Å². The van der Waals surface area contributed by atoms with Crippen molar-refractivity contribution in [3.05, 3.63) is 59.9 Å². The quantitative estimate of drug-likeness (QED) is 0.600. The van der Waals surface area contributed by atoms with Gasteiger partial charge in [-0.2, -0.15) is 0 Å². The maximum atomic E-state index is 13.3. The van der Waals surface area contributed by atoms with Crippen molar-refractivity contribution in [1.29, 1.82) is 0 Å². The zero-order valence-electron chi connectivity index (χ0n) is 17.1. The molecule has 3 rings (SSSR count). The third-order valence-corrected chi connectivity index (χ3v) is 5.40. The van der Waals surface area contributed by atoms with E-state index in [1.807, 2.05) is 0 Å². The molecule has 0 unspecified atom stereocenters. The van der Waals surface area contributed by atoms with Gasteiger partial charge in [-0.05, 0) is 60.7 Å². The van der Waals surface area contributed by atoms with Crippen LogP contribution < -0.4 is 20.7 Å². The Morgan fingerprint density at radius 3 is 2.37 bits per heavy atom. The monoisotopic (exact) mass is 413 g/mol. The number of carbonyl (C=O) groups excluding carboxylic acids is 2. The number of anilines is 1. The second-order valence-corrected chi connectivity index (χ2v) is 7.50. The van der Waals surface area contributed by atoms with E-state index in [1.165, 1.54) is 12.1 Å². The SMILES string of the molecule is COc1ccc(NC(=O)NCCC(=O)N[C@H](c2ccc(F)cc2)C2CCCC2)cc1. The van der Waals surface area contributed by atoms with Gasteiger partial charge in [0.15, 0.2) is 0 Å². The zero-order chi connectivity index (χ0) is 21.3. The first-order chi connectivity index (χ1) is 14.5. The van der Waals surface area contributed by atoms with E-state index in [4.69, 9.17) is 4.74 Å². The summed E-state index contributed by atoms with van der Waals surface area (Å²) in [6, 6.07) is 12.8. The molecule has 1 aliphatic carbocycles. The Labute approximate surface area is 176 Å². The van der Waals surface area contributed by atoms with Gasteiger partial charge in [-0.15, -0.1) is 0 Å². The van der Waals surface area contributed by atoms with Gasteiger partial charge in [-0.1, -0.05) is 25.0 Å². The van der Waals surface area contributed by atoms with Gasteiger partial charge in [0.2, 0.25) is 5.91 Å². The molecule has 30 heavy (non-hydrogen) atoms. The molecule has 1 atom stereocenters. The maximum Gasteiger partial charge on any atom is 0.319 e. The average Bonchev–Trinajstić information content (AvgIpc) is 3.28. The first-order valence-electron chi connectivity index (χ1n) is 10.3. The molecule has 0 spiro atoms.